The number of aliphatic hydroxyl groups excluding tert-OH is 1. The zero-order valence-corrected chi connectivity index (χ0v) is 10.1. The smallest absolute Gasteiger partial charge is 0.235 e. The van der Waals surface area contributed by atoms with Gasteiger partial charge in [-0.2, -0.15) is 0 Å². The first-order chi connectivity index (χ1) is 8.11. The van der Waals surface area contributed by atoms with E-state index >= 15 is 0 Å². The Balaban J connectivity index is 1.77. The maximum Gasteiger partial charge on any atom is 0.235 e. The van der Waals surface area contributed by atoms with Crippen molar-refractivity contribution < 1.29 is 14.7 Å². The molecule has 17 heavy (non-hydrogen) atoms. The number of likely N-dealkylation sites (tertiary alicyclic amines) is 1. The minimum atomic E-state index is -0.359. The minimum Gasteiger partial charge on any atom is -0.396 e. The topological polar surface area (TPSA) is 57.6 Å². The molecule has 1 heterocycles. The van der Waals surface area contributed by atoms with E-state index in [2.05, 4.69) is 0 Å². The number of amides is 2. The van der Waals surface area contributed by atoms with Gasteiger partial charge in [-0.25, -0.2) is 0 Å². The molecule has 2 saturated carbocycles. The van der Waals surface area contributed by atoms with E-state index in [4.69, 9.17) is 0 Å². The Bertz CT molecular complexity index is 367. The van der Waals surface area contributed by atoms with Gasteiger partial charge in [0.1, 0.15) is 0 Å². The summed E-state index contributed by atoms with van der Waals surface area (Å²) in [6, 6.07) is 0. The predicted molar refractivity (Wildman–Crippen MR) is 61.0 cm³/mol. The van der Waals surface area contributed by atoms with Crippen LogP contribution in [0.2, 0.25) is 0 Å². The molecule has 1 N–H and O–H groups in total. The van der Waals surface area contributed by atoms with Crippen LogP contribution in [0.25, 0.3) is 0 Å². The molecular weight excluding hydrogens is 218 g/mol. The van der Waals surface area contributed by atoms with E-state index in [1.165, 1.54) is 4.90 Å². The standard InChI is InChI=1S/C13H19NO3/c15-9-12(5-6-12)8-14-10(16)7-13(11(14)17)3-1-2-4-13/h15H,1-9H2. The normalized spacial score (nSPS) is 29.4. The third-order valence-electron chi connectivity index (χ3n) is 4.84. The molecule has 0 unspecified atom stereocenters. The van der Waals surface area contributed by atoms with E-state index in [9.17, 15) is 14.7 Å². The summed E-state index contributed by atoms with van der Waals surface area (Å²) in [7, 11) is 0. The second kappa shape index (κ2) is 3.55. The van der Waals surface area contributed by atoms with E-state index < -0.39 is 0 Å². The average molecular weight is 237 g/mol. The SMILES string of the molecule is O=C1CC2(CCCC2)C(=O)N1CC1(CO)CC1. The number of imide groups is 1. The first-order valence-electron chi connectivity index (χ1n) is 6.57. The zero-order valence-electron chi connectivity index (χ0n) is 10.1. The molecule has 3 rings (SSSR count). The van der Waals surface area contributed by atoms with Gasteiger partial charge in [-0.3, -0.25) is 14.5 Å². The summed E-state index contributed by atoms with van der Waals surface area (Å²) in [4.78, 5) is 25.8. The molecule has 3 fully saturated rings. The van der Waals surface area contributed by atoms with Gasteiger partial charge in [0, 0.05) is 18.4 Å². The maximum absolute atomic E-state index is 12.4. The van der Waals surface area contributed by atoms with E-state index in [1.54, 1.807) is 0 Å². The van der Waals surface area contributed by atoms with E-state index in [1.807, 2.05) is 0 Å². The Labute approximate surface area is 101 Å². The molecule has 1 saturated heterocycles. The lowest BCUT2D eigenvalue weighted by Crippen LogP contribution is -2.39. The maximum atomic E-state index is 12.4. The number of carbonyl (C=O) groups is 2. The second-order valence-corrected chi connectivity index (χ2v) is 6.11. The van der Waals surface area contributed by atoms with Crippen molar-refractivity contribution in [3.8, 4) is 0 Å². The van der Waals surface area contributed by atoms with Crippen molar-refractivity contribution in [3.63, 3.8) is 0 Å². The van der Waals surface area contributed by atoms with Crippen molar-refractivity contribution in [2.45, 2.75) is 44.9 Å². The number of hydrogen-bond acceptors (Lipinski definition) is 3. The molecule has 3 aliphatic rings. The average Bonchev–Trinajstić information content (AvgIpc) is 2.89. The summed E-state index contributed by atoms with van der Waals surface area (Å²) in [6.45, 7) is 0.542. The summed E-state index contributed by atoms with van der Waals surface area (Å²) < 4.78 is 0. The molecule has 0 aromatic rings. The van der Waals surface area contributed by atoms with Gasteiger partial charge in [-0.1, -0.05) is 12.8 Å². The van der Waals surface area contributed by atoms with E-state index in [0.717, 1.165) is 38.5 Å². The Morgan fingerprint density at radius 2 is 1.76 bits per heavy atom. The Kier molecular flexibility index (Phi) is 2.34. The Morgan fingerprint density at radius 3 is 2.29 bits per heavy atom. The lowest BCUT2D eigenvalue weighted by atomic mass is 9.84. The van der Waals surface area contributed by atoms with Gasteiger partial charge in [0.15, 0.2) is 0 Å². The molecule has 0 aromatic heterocycles. The van der Waals surface area contributed by atoms with Crippen molar-refractivity contribution in [1.29, 1.82) is 0 Å². The van der Waals surface area contributed by atoms with Crippen LogP contribution in [-0.4, -0.2) is 35.0 Å². The highest BCUT2D eigenvalue weighted by molar-refractivity contribution is 6.06. The van der Waals surface area contributed by atoms with Crippen molar-refractivity contribution in [3.05, 3.63) is 0 Å². The van der Waals surface area contributed by atoms with Crippen molar-refractivity contribution in [2.75, 3.05) is 13.2 Å². The Morgan fingerprint density at radius 1 is 1.12 bits per heavy atom. The molecular formula is C13H19NO3. The zero-order chi connectivity index (χ0) is 12.1. The molecule has 2 aliphatic carbocycles. The molecule has 0 radical (unpaired) electrons. The first kappa shape index (κ1) is 11.2. The summed E-state index contributed by atoms with van der Waals surface area (Å²) in [6.07, 6.45) is 6.17. The predicted octanol–water partition coefficient (Wildman–Crippen LogP) is 1.08. The summed E-state index contributed by atoms with van der Waals surface area (Å²) >= 11 is 0. The summed E-state index contributed by atoms with van der Waals surface area (Å²) in [5, 5.41) is 9.30. The fourth-order valence-corrected chi connectivity index (χ4v) is 3.34. The van der Waals surface area contributed by atoms with Crippen LogP contribution in [0.1, 0.15) is 44.9 Å². The molecule has 4 heteroatoms. The molecule has 4 nitrogen and oxygen atoms in total. The molecule has 0 aromatic carbocycles. The third-order valence-corrected chi connectivity index (χ3v) is 4.84. The van der Waals surface area contributed by atoms with Crippen LogP contribution in [0, 0.1) is 10.8 Å². The quantitative estimate of drug-likeness (QED) is 0.747. The fourth-order valence-electron chi connectivity index (χ4n) is 3.34. The van der Waals surface area contributed by atoms with Gasteiger partial charge in [0.2, 0.25) is 11.8 Å². The van der Waals surface area contributed by atoms with Crippen LogP contribution in [-0.2, 0) is 9.59 Å². The number of nitrogens with zero attached hydrogens (tertiary/aromatic N) is 1. The number of carbonyl (C=O) groups excluding carboxylic acids is 2. The fraction of sp³-hybridized carbons (Fsp3) is 0.846. The van der Waals surface area contributed by atoms with Gasteiger partial charge >= 0.3 is 0 Å². The van der Waals surface area contributed by atoms with Gasteiger partial charge in [0.25, 0.3) is 0 Å². The van der Waals surface area contributed by atoms with Crippen molar-refractivity contribution >= 4 is 11.8 Å². The van der Waals surface area contributed by atoms with Crippen LogP contribution < -0.4 is 0 Å². The number of rotatable bonds is 3. The van der Waals surface area contributed by atoms with Gasteiger partial charge in [0.05, 0.1) is 12.0 Å². The first-order valence-corrected chi connectivity index (χ1v) is 6.57. The van der Waals surface area contributed by atoms with E-state index in [0.29, 0.717) is 13.0 Å². The van der Waals surface area contributed by atoms with Gasteiger partial charge < -0.3 is 5.11 Å². The van der Waals surface area contributed by atoms with Crippen LogP contribution in [0.15, 0.2) is 0 Å². The lowest BCUT2D eigenvalue weighted by Gasteiger charge is -2.23. The summed E-state index contributed by atoms with van der Waals surface area (Å²) in [5.41, 5.74) is -0.516. The van der Waals surface area contributed by atoms with Crippen LogP contribution in [0.5, 0.6) is 0 Å². The number of aliphatic hydroxyl groups is 1. The molecule has 1 aliphatic heterocycles. The largest absolute Gasteiger partial charge is 0.396 e. The monoisotopic (exact) mass is 237 g/mol. The van der Waals surface area contributed by atoms with Crippen LogP contribution in [0.4, 0.5) is 0 Å². The van der Waals surface area contributed by atoms with Crippen LogP contribution >= 0.6 is 0 Å². The molecule has 0 atom stereocenters. The van der Waals surface area contributed by atoms with E-state index in [-0.39, 0.29) is 29.3 Å². The second-order valence-electron chi connectivity index (χ2n) is 6.11. The molecule has 2 amide bonds. The van der Waals surface area contributed by atoms with Gasteiger partial charge in [-0.05, 0) is 25.7 Å². The van der Waals surface area contributed by atoms with Gasteiger partial charge in [-0.15, -0.1) is 0 Å². The number of hydrogen-bond donors (Lipinski definition) is 1. The lowest BCUT2D eigenvalue weighted by molar-refractivity contribution is -0.142. The highest BCUT2D eigenvalue weighted by atomic mass is 16.3. The molecule has 1 spiro atoms. The van der Waals surface area contributed by atoms with Crippen molar-refractivity contribution in [1.82, 2.24) is 4.90 Å². The van der Waals surface area contributed by atoms with Crippen molar-refractivity contribution in [2.24, 2.45) is 10.8 Å². The Hall–Kier alpha value is -0.900. The third kappa shape index (κ3) is 1.61. The van der Waals surface area contributed by atoms with Crippen LogP contribution in [0.3, 0.4) is 0 Å². The molecule has 94 valence electrons. The minimum absolute atomic E-state index is 0.0170. The highest BCUT2D eigenvalue weighted by Gasteiger charge is 2.55. The summed E-state index contributed by atoms with van der Waals surface area (Å²) in [5.74, 6) is 0.0244. The molecule has 0 bridgehead atoms. The highest BCUT2D eigenvalue weighted by Crippen LogP contribution is 2.51.